The Labute approximate surface area is 133 Å². The van der Waals surface area contributed by atoms with E-state index in [0.717, 1.165) is 26.1 Å². The number of nitrogens with one attached hydrogen (secondary N) is 1. The minimum atomic E-state index is -4.36. The molecule has 7 heteroatoms. The Morgan fingerprint density at radius 2 is 1.96 bits per heavy atom. The third kappa shape index (κ3) is 5.91. The number of hydrogen-bond acceptors (Lipinski definition) is 4. The topological polar surface area (TPSA) is 39.7 Å². The Hall–Kier alpha value is -1.47. The van der Waals surface area contributed by atoms with Gasteiger partial charge < -0.3 is 19.5 Å². The Morgan fingerprint density at radius 3 is 2.61 bits per heavy atom. The largest absolute Gasteiger partial charge is 0.482 e. The molecule has 1 aromatic carbocycles. The zero-order chi connectivity index (χ0) is 16.7. The molecule has 0 aromatic heterocycles. The number of rotatable bonds is 7. The second-order valence-corrected chi connectivity index (χ2v) is 5.50. The molecule has 1 fully saturated rings. The lowest BCUT2D eigenvalue weighted by Gasteiger charge is -2.29. The van der Waals surface area contributed by atoms with Crippen LogP contribution in [-0.2, 0) is 9.47 Å². The predicted octanol–water partition coefficient (Wildman–Crippen LogP) is 3.48. The van der Waals surface area contributed by atoms with Gasteiger partial charge in [-0.1, -0.05) is 12.1 Å². The lowest BCUT2D eigenvalue weighted by atomic mass is 9.93. The highest BCUT2D eigenvalue weighted by molar-refractivity contribution is 5.56. The van der Waals surface area contributed by atoms with E-state index in [1.807, 2.05) is 0 Å². The van der Waals surface area contributed by atoms with E-state index >= 15 is 0 Å². The molecule has 1 unspecified atom stereocenters. The zero-order valence-corrected chi connectivity index (χ0v) is 13.1. The molecule has 2 rings (SSSR count). The molecule has 1 heterocycles. The van der Waals surface area contributed by atoms with E-state index in [0.29, 0.717) is 18.2 Å². The maximum Gasteiger partial charge on any atom is 0.422 e. The van der Waals surface area contributed by atoms with E-state index in [4.69, 9.17) is 14.2 Å². The first kappa shape index (κ1) is 17.9. The van der Waals surface area contributed by atoms with E-state index in [2.05, 4.69) is 5.32 Å². The molecule has 1 N–H and O–H groups in total. The standard InChI is InChI=1S/C16H22F3NO3/c1-21-15(12-6-8-22-9-7-12)10-20-13-4-2-3-5-14(13)23-11-16(17,18)19/h2-5,12,15,20H,6-11H2,1H3. The summed E-state index contributed by atoms with van der Waals surface area (Å²) in [6, 6.07) is 6.61. The first-order valence-corrected chi connectivity index (χ1v) is 7.62. The average molecular weight is 333 g/mol. The highest BCUT2D eigenvalue weighted by atomic mass is 19.4. The third-order valence-corrected chi connectivity index (χ3v) is 3.87. The van der Waals surface area contributed by atoms with Gasteiger partial charge in [0.2, 0.25) is 0 Å². The molecule has 1 aliphatic rings. The van der Waals surface area contributed by atoms with Crippen molar-refractivity contribution in [3.05, 3.63) is 24.3 Å². The van der Waals surface area contributed by atoms with E-state index in [9.17, 15) is 13.2 Å². The number of para-hydroxylation sites is 2. The van der Waals surface area contributed by atoms with Crippen LogP contribution in [0.3, 0.4) is 0 Å². The minimum absolute atomic E-state index is 0.0189. The van der Waals surface area contributed by atoms with Crippen LogP contribution in [0.2, 0.25) is 0 Å². The summed E-state index contributed by atoms with van der Waals surface area (Å²) in [7, 11) is 1.65. The van der Waals surface area contributed by atoms with Gasteiger partial charge in [0.1, 0.15) is 5.75 Å². The Kier molecular flexibility index (Phi) is 6.53. The van der Waals surface area contributed by atoms with E-state index in [-0.39, 0.29) is 11.9 Å². The number of anilines is 1. The van der Waals surface area contributed by atoms with Gasteiger partial charge in [-0.05, 0) is 30.9 Å². The Morgan fingerprint density at radius 1 is 1.26 bits per heavy atom. The van der Waals surface area contributed by atoms with Crippen LogP contribution in [0.4, 0.5) is 18.9 Å². The molecule has 0 spiro atoms. The van der Waals surface area contributed by atoms with Gasteiger partial charge >= 0.3 is 6.18 Å². The van der Waals surface area contributed by atoms with Gasteiger partial charge in [-0.25, -0.2) is 0 Å². The average Bonchev–Trinajstić information content (AvgIpc) is 2.55. The number of alkyl halides is 3. The molecule has 1 saturated heterocycles. The van der Waals surface area contributed by atoms with Crippen LogP contribution < -0.4 is 10.1 Å². The molecular formula is C16H22F3NO3. The lowest BCUT2D eigenvalue weighted by molar-refractivity contribution is -0.153. The van der Waals surface area contributed by atoms with Gasteiger partial charge in [-0.15, -0.1) is 0 Å². The molecule has 0 aliphatic carbocycles. The van der Waals surface area contributed by atoms with Crippen molar-refractivity contribution in [1.82, 2.24) is 0 Å². The van der Waals surface area contributed by atoms with Crippen LogP contribution in [-0.4, -0.2) is 45.8 Å². The van der Waals surface area contributed by atoms with Crippen molar-refractivity contribution < 1.29 is 27.4 Å². The Bertz CT molecular complexity index is 476. The molecular weight excluding hydrogens is 311 g/mol. The molecule has 0 saturated carbocycles. The Balaban J connectivity index is 1.93. The van der Waals surface area contributed by atoms with Crippen LogP contribution >= 0.6 is 0 Å². The predicted molar refractivity (Wildman–Crippen MR) is 80.8 cm³/mol. The van der Waals surface area contributed by atoms with Gasteiger partial charge in [-0.3, -0.25) is 0 Å². The fourth-order valence-electron chi connectivity index (χ4n) is 2.64. The third-order valence-electron chi connectivity index (χ3n) is 3.87. The summed E-state index contributed by atoms with van der Waals surface area (Å²) in [5.74, 6) is 0.566. The summed E-state index contributed by atoms with van der Waals surface area (Å²) < 4.78 is 52.7. The maximum atomic E-state index is 12.3. The van der Waals surface area contributed by atoms with Gasteiger partial charge in [0.05, 0.1) is 11.8 Å². The smallest absolute Gasteiger partial charge is 0.422 e. The van der Waals surface area contributed by atoms with Crippen molar-refractivity contribution in [3.63, 3.8) is 0 Å². The highest BCUT2D eigenvalue weighted by Crippen LogP contribution is 2.27. The van der Waals surface area contributed by atoms with Crippen LogP contribution in [0.5, 0.6) is 5.75 Å². The second kappa shape index (κ2) is 8.40. The summed E-state index contributed by atoms with van der Waals surface area (Å²) in [5, 5.41) is 3.14. The molecule has 0 radical (unpaired) electrons. The fourth-order valence-corrected chi connectivity index (χ4v) is 2.64. The zero-order valence-electron chi connectivity index (χ0n) is 13.1. The first-order chi connectivity index (χ1) is 11.0. The minimum Gasteiger partial charge on any atom is -0.482 e. The number of hydrogen-bond donors (Lipinski definition) is 1. The molecule has 0 amide bonds. The SMILES string of the molecule is COC(CNc1ccccc1OCC(F)(F)F)C1CCOCC1. The van der Waals surface area contributed by atoms with Crippen molar-refractivity contribution in [2.75, 3.05) is 38.8 Å². The quantitative estimate of drug-likeness (QED) is 0.829. The van der Waals surface area contributed by atoms with E-state index < -0.39 is 12.8 Å². The summed E-state index contributed by atoms with van der Waals surface area (Å²) >= 11 is 0. The van der Waals surface area contributed by atoms with Crippen LogP contribution in [0.25, 0.3) is 0 Å². The molecule has 1 aliphatic heterocycles. The van der Waals surface area contributed by atoms with Crippen LogP contribution in [0.15, 0.2) is 24.3 Å². The number of benzene rings is 1. The molecule has 4 nitrogen and oxygen atoms in total. The molecule has 1 aromatic rings. The monoisotopic (exact) mass is 333 g/mol. The highest BCUT2D eigenvalue weighted by Gasteiger charge is 2.29. The van der Waals surface area contributed by atoms with Crippen LogP contribution in [0, 0.1) is 5.92 Å². The van der Waals surface area contributed by atoms with Crippen molar-refractivity contribution in [2.24, 2.45) is 5.92 Å². The summed E-state index contributed by atoms with van der Waals surface area (Å²) in [6.45, 7) is 0.637. The number of halogens is 3. The van der Waals surface area contributed by atoms with Gasteiger partial charge in [0.15, 0.2) is 6.61 Å². The summed E-state index contributed by atoms with van der Waals surface area (Å²) in [6.07, 6.45) is -2.53. The van der Waals surface area contributed by atoms with Crippen molar-refractivity contribution in [2.45, 2.75) is 25.1 Å². The van der Waals surface area contributed by atoms with Gasteiger partial charge in [0, 0.05) is 26.9 Å². The van der Waals surface area contributed by atoms with E-state index in [1.54, 1.807) is 25.3 Å². The molecule has 0 bridgehead atoms. The molecule has 130 valence electrons. The van der Waals surface area contributed by atoms with Crippen molar-refractivity contribution in [1.29, 1.82) is 0 Å². The van der Waals surface area contributed by atoms with Crippen molar-refractivity contribution >= 4 is 5.69 Å². The summed E-state index contributed by atoms with van der Waals surface area (Å²) in [5.41, 5.74) is 0.533. The fraction of sp³-hybridized carbons (Fsp3) is 0.625. The van der Waals surface area contributed by atoms with Crippen molar-refractivity contribution in [3.8, 4) is 5.75 Å². The van der Waals surface area contributed by atoms with Gasteiger partial charge in [0.25, 0.3) is 0 Å². The molecule has 23 heavy (non-hydrogen) atoms. The molecule has 1 atom stereocenters. The number of methoxy groups -OCH3 is 1. The van der Waals surface area contributed by atoms with E-state index in [1.165, 1.54) is 6.07 Å². The van der Waals surface area contributed by atoms with Gasteiger partial charge in [-0.2, -0.15) is 13.2 Å². The van der Waals surface area contributed by atoms with Crippen LogP contribution in [0.1, 0.15) is 12.8 Å². The summed E-state index contributed by atoms with van der Waals surface area (Å²) in [4.78, 5) is 0. The first-order valence-electron chi connectivity index (χ1n) is 7.62. The number of ether oxygens (including phenoxy) is 3. The normalized spacial score (nSPS) is 17.7. The maximum absolute atomic E-state index is 12.3. The lowest BCUT2D eigenvalue weighted by Crippen LogP contribution is -2.34. The second-order valence-electron chi connectivity index (χ2n) is 5.50.